The number of aliphatic hydroxyl groups is 1. The summed E-state index contributed by atoms with van der Waals surface area (Å²) in [4.78, 5) is 0. The number of rotatable bonds is 3. The molecule has 0 heterocycles. The van der Waals surface area contributed by atoms with Crippen molar-refractivity contribution in [3.8, 4) is 5.75 Å². The van der Waals surface area contributed by atoms with Crippen LogP contribution >= 0.6 is 0 Å². The quantitative estimate of drug-likeness (QED) is 0.815. The van der Waals surface area contributed by atoms with E-state index in [0.29, 0.717) is 17.0 Å². The predicted octanol–water partition coefficient (Wildman–Crippen LogP) is 2.67. The van der Waals surface area contributed by atoms with Crippen LogP contribution in [-0.2, 0) is 0 Å². The fraction of sp³-hybridized carbons (Fsp3) is 0.200. The van der Waals surface area contributed by atoms with Gasteiger partial charge >= 0.3 is 0 Å². The summed E-state index contributed by atoms with van der Waals surface area (Å²) in [5, 5.41) is 10.3. The number of hydrogen-bond donors (Lipinski definition) is 2. The molecular weight excluding hydrogens is 226 g/mol. The van der Waals surface area contributed by atoms with Crippen LogP contribution in [0.3, 0.4) is 0 Å². The Balaban J connectivity index is 2.37. The average molecular weight is 243 g/mol. The van der Waals surface area contributed by atoms with Gasteiger partial charge in [0.1, 0.15) is 11.9 Å². The van der Waals surface area contributed by atoms with Crippen LogP contribution < -0.4 is 10.5 Å². The monoisotopic (exact) mass is 243 g/mol. The van der Waals surface area contributed by atoms with Crippen LogP contribution in [0, 0.1) is 6.92 Å². The lowest BCUT2D eigenvalue weighted by Gasteiger charge is -2.15. The van der Waals surface area contributed by atoms with Crippen molar-refractivity contribution in [3.63, 3.8) is 0 Å². The molecule has 2 aromatic rings. The maximum Gasteiger partial charge on any atom is 0.120 e. The van der Waals surface area contributed by atoms with Gasteiger partial charge in [-0.25, -0.2) is 0 Å². The van der Waals surface area contributed by atoms with Gasteiger partial charge in [-0.05, 0) is 18.6 Å². The zero-order chi connectivity index (χ0) is 13.1. The van der Waals surface area contributed by atoms with Gasteiger partial charge in [0.2, 0.25) is 0 Å². The van der Waals surface area contributed by atoms with Gasteiger partial charge in [0.15, 0.2) is 0 Å². The van der Waals surface area contributed by atoms with E-state index >= 15 is 0 Å². The SMILES string of the molecule is COc1ccc(C(O)c2cccc(C)c2)c(N)c1. The summed E-state index contributed by atoms with van der Waals surface area (Å²) >= 11 is 0. The Morgan fingerprint density at radius 2 is 1.94 bits per heavy atom. The highest BCUT2D eigenvalue weighted by molar-refractivity contribution is 5.54. The molecule has 2 rings (SSSR count). The number of aryl methyl sites for hydroxylation is 1. The molecule has 1 atom stereocenters. The molecule has 3 nitrogen and oxygen atoms in total. The lowest BCUT2D eigenvalue weighted by atomic mass is 9.98. The molecule has 0 saturated heterocycles. The van der Waals surface area contributed by atoms with Crippen LogP contribution in [0.4, 0.5) is 5.69 Å². The molecule has 0 amide bonds. The Kier molecular flexibility index (Phi) is 3.53. The van der Waals surface area contributed by atoms with Crippen molar-refractivity contribution >= 4 is 5.69 Å². The second kappa shape index (κ2) is 5.10. The molecule has 0 aliphatic carbocycles. The molecule has 0 aliphatic rings. The molecule has 2 aromatic carbocycles. The van der Waals surface area contributed by atoms with Crippen molar-refractivity contribution in [1.82, 2.24) is 0 Å². The molecule has 0 bridgehead atoms. The predicted molar refractivity (Wildman–Crippen MR) is 72.6 cm³/mol. The number of anilines is 1. The minimum Gasteiger partial charge on any atom is -0.497 e. The third-order valence-electron chi connectivity index (χ3n) is 2.95. The van der Waals surface area contributed by atoms with Gasteiger partial charge < -0.3 is 15.6 Å². The smallest absolute Gasteiger partial charge is 0.120 e. The topological polar surface area (TPSA) is 55.5 Å². The zero-order valence-electron chi connectivity index (χ0n) is 10.6. The molecule has 94 valence electrons. The Labute approximate surface area is 107 Å². The van der Waals surface area contributed by atoms with Gasteiger partial charge in [-0.2, -0.15) is 0 Å². The highest BCUT2D eigenvalue weighted by Crippen LogP contribution is 2.29. The first-order valence-corrected chi connectivity index (χ1v) is 5.80. The number of ether oxygens (including phenoxy) is 1. The Morgan fingerprint density at radius 1 is 1.17 bits per heavy atom. The fourth-order valence-corrected chi connectivity index (χ4v) is 1.95. The molecule has 0 aliphatic heterocycles. The van der Waals surface area contributed by atoms with E-state index in [4.69, 9.17) is 10.5 Å². The third-order valence-corrected chi connectivity index (χ3v) is 2.95. The third kappa shape index (κ3) is 2.46. The molecule has 0 radical (unpaired) electrons. The Morgan fingerprint density at radius 3 is 2.56 bits per heavy atom. The van der Waals surface area contributed by atoms with Crippen molar-refractivity contribution in [1.29, 1.82) is 0 Å². The minimum atomic E-state index is -0.712. The number of aliphatic hydroxyl groups excluding tert-OH is 1. The summed E-state index contributed by atoms with van der Waals surface area (Å²) in [6.45, 7) is 1.99. The molecule has 3 heteroatoms. The molecule has 18 heavy (non-hydrogen) atoms. The lowest BCUT2D eigenvalue weighted by Crippen LogP contribution is -2.04. The van der Waals surface area contributed by atoms with Gasteiger partial charge in [-0.1, -0.05) is 35.9 Å². The van der Waals surface area contributed by atoms with E-state index in [2.05, 4.69) is 0 Å². The second-order valence-electron chi connectivity index (χ2n) is 4.31. The van der Waals surface area contributed by atoms with Crippen LogP contribution in [0.1, 0.15) is 22.8 Å². The van der Waals surface area contributed by atoms with E-state index in [1.807, 2.05) is 31.2 Å². The largest absolute Gasteiger partial charge is 0.497 e. The standard InChI is InChI=1S/C15H17NO2/c1-10-4-3-5-11(8-10)15(17)13-7-6-12(18-2)9-14(13)16/h3-9,15,17H,16H2,1-2H3. The van der Waals surface area contributed by atoms with E-state index in [-0.39, 0.29) is 0 Å². The molecule has 3 N–H and O–H groups in total. The van der Waals surface area contributed by atoms with Gasteiger partial charge in [0.05, 0.1) is 7.11 Å². The van der Waals surface area contributed by atoms with Gasteiger partial charge in [0, 0.05) is 17.3 Å². The van der Waals surface area contributed by atoms with Gasteiger partial charge in [0.25, 0.3) is 0 Å². The van der Waals surface area contributed by atoms with Crippen LogP contribution in [0.5, 0.6) is 5.75 Å². The normalized spacial score (nSPS) is 12.2. The minimum absolute atomic E-state index is 0.531. The molecule has 1 unspecified atom stereocenters. The first-order valence-electron chi connectivity index (χ1n) is 5.80. The molecular formula is C15H17NO2. The number of nitrogen functional groups attached to an aromatic ring is 1. The molecule has 0 spiro atoms. The van der Waals surface area contributed by atoms with Crippen LogP contribution in [-0.4, -0.2) is 12.2 Å². The summed E-state index contributed by atoms with van der Waals surface area (Å²) in [6.07, 6.45) is -0.712. The van der Waals surface area contributed by atoms with Crippen LogP contribution in [0.2, 0.25) is 0 Å². The van der Waals surface area contributed by atoms with Crippen molar-refractivity contribution < 1.29 is 9.84 Å². The lowest BCUT2D eigenvalue weighted by molar-refractivity contribution is 0.221. The van der Waals surface area contributed by atoms with E-state index in [1.54, 1.807) is 25.3 Å². The molecule has 0 fully saturated rings. The van der Waals surface area contributed by atoms with Crippen molar-refractivity contribution in [2.24, 2.45) is 0 Å². The molecule has 0 aromatic heterocycles. The van der Waals surface area contributed by atoms with E-state index < -0.39 is 6.10 Å². The maximum atomic E-state index is 10.3. The number of benzene rings is 2. The van der Waals surface area contributed by atoms with Crippen molar-refractivity contribution in [3.05, 3.63) is 59.2 Å². The van der Waals surface area contributed by atoms with Gasteiger partial charge in [-0.15, -0.1) is 0 Å². The number of hydrogen-bond acceptors (Lipinski definition) is 3. The van der Waals surface area contributed by atoms with Gasteiger partial charge in [-0.3, -0.25) is 0 Å². The maximum absolute atomic E-state index is 10.3. The Hall–Kier alpha value is -2.00. The summed E-state index contributed by atoms with van der Waals surface area (Å²) in [6, 6.07) is 13.1. The summed E-state index contributed by atoms with van der Waals surface area (Å²) in [5.74, 6) is 0.688. The van der Waals surface area contributed by atoms with Crippen LogP contribution in [0.15, 0.2) is 42.5 Å². The van der Waals surface area contributed by atoms with E-state index in [0.717, 1.165) is 11.1 Å². The average Bonchev–Trinajstić information content (AvgIpc) is 2.37. The highest BCUT2D eigenvalue weighted by Gasteiger charge is 2.13. The van der Waals surface area contributed by atoms with E-state index in [1.165, 1.54) is 0 Å². The summed E-state index contributed by atoms with van der Waals surface area (Å²) in [5.41, 5.74) is 9.11. The van der Waals surface area contributed by atoms with Crippen LogP contribution in [0.25, 0.3) is 0 Å². The fourth-order valence-electron chi connectivity index (χ4n) is 1.95. The first kappa shape index (κ1) is 12.5. The van der Waals surface area contributed by atoms with E-state index in [9.17, 15) is 5.11 Å². The van der Waals surface area contributed by atoms with Crippen molar-refractivity contribution in [2.45, 2.75) is 13.0 Å². The van der Waals surface area contributed by atoms with Crippen molar-refractivity contribution in [2.75, 3.05) is 12.8 Å². The number of methoxy groups -OCH3 is 1. The first-order chi connectivity index (χ1) is 8.61. The zero-order valence-corrected chi connectivity index (χ0v) is 10.6. The second-order valence-corrected chi connectivity index (χ2v) is 4.31. The number of nitrogens with two attached hydrogens (primary N) is 1. The summed E-state index contributed by atoms with van der Waals surface area (Å²) in [7, 11) is 1.59. The highest BCUT2D eigenvalue weighted by atomic mass is 16.5. The molecule has 0 saturated carbocycles. The summed E-state index contributed by atoms with van der Waals surface area (Å²) < 4.78 is 5.09. The Bertz CT molecular complexity index is 552.